The monoisotopic (exact) mass is 188 g/mol. The Bertz CT molecular complexity index is 169. The molecule has 0 unspecified atom stereocenters. The van der Waals surface area contributed by atoms with Gasteiger partial charge in [0.15, 0.2) is 0 Å². The maximum atomic E-state index is 9.55. The number of rotatable bonds is 2. The van der Waals surface area contributed by atoms with Crippen molar-refractivity contribution in [2.24, 2.45) is 0 Å². The summed E-state index contributed by atoms with van der Waals surface area (Å²) in [6, 6.07) is 0. The van der Waals surface area contributed by atoms with Gasteiger partial charge in [0.2, 0.25) is 0 Å². The van der Waals surface area contributed by atoms with Crippen molar-refractivity contribution < 1.29 is 24.5 Å². The Kier molecular flexibility index (Phi) is 6.53. The van der Waals surface area contributed by atoms with Crippen LogP contribution in [0.5, 0.6) is 0 Å². The summed E-state index contributed by atoms with van der Waals surface area (Å²) < 4.78 is 4.94. The summed E-state index contributed by atoms with van der Waals surface area (Å²) in [6.45, 7) is 2.00. The van der Waals surface area contributed by atoms with E-state index in [4.69, 9.17) is 14.9 Å². The van der Waals surface area contributed by atoms with Gasteiger partial charge in [0.1, 0.15) is 0 Å². The minimum atomic E-state index is -1.26. The molecule has 5 heteroatoms. The zero-order chi connectivity index (χ0) is 10.1. The quantitative estimate of drug-likeness (QED) is 0.617. The van der Waals surface area contributed by atoms with Crippen molar-refractivity contribution >= 4 is 11.9 Å². The van der Waals surface area contributed by atoms with Gasteiger partial charge < -0.3 is 14.9 Å². The van der Waals surface area contributed by atoms with E-state index in [1.165, 1.54) is 12.8 Å². The minimum Gasteiger partial charge on any atom is -0.478 e. The molecule has 0 radical (unpaired) electrons. The molecule has 5 nitrogen and oxygen atoms in total. The molecule has 0 aromatic rings. The standard InChI is InChI=1S/C4H4O4.C4H8O/c5-3(6)1-2-4(7)8;1-2-4-5-3-1/h1-2H,(H,5,6)(H,7,8);1-4H2/b2-1+;. The Morgan fingerprint density at radius 3 is 1.54 bits per heavy atom. The van der Waals surface area contributed by atoms with E-state index in [-0.39, 0.29) is 0 Å². The van der Waals surface area contributed by atoms with Crippen molar-refractivity contribution in [3.63, 3.8) is 0 Å². The fraction of sp³-hybridized carbons (Fsp3) is 0.500. The maximum absolute atomic E-state index is 9.55. The molecule has 1 heterocycles. The zero-order valence-electron chi connectivity index (χ0n) is 7.10. The van der Waals surface area contributed by atoms with E-state index in [2.05, 4.69) is 0 Å². The molecule has 74 valence electrons. The molecule has 0 atom stereocenters. The molecule has 2 N–H and O–H groups in total. The van der Waals surface area contributed by atoms with Crippen molar-refractivity contribution in [2.75, 3.05) is 13.2 Å². The van der Waals surface area contributed by atoms with Gasteiger partial charge >= 0.3 is 11.9 Å². The molecule has 1 aliphatic rings. The lowest BCUT2D eigenvalue weighted by atomic mass is 10.4. The number of aliphatic carboxylic acids is 2. The molecule has 0 spiro atoms. The average Bonchev–Trinajstić information content (AvgIpc) is 2.57. The average molecular weight is 188 g/mol. The molecular weight excluding hydrogens is 176 g/mol. The van der Waals surface area contributed by atoms with Crippen LogP contribution < -0.4 is 0 Å². The second-order valence-corrected chi connectivity index (χ2v) is 2.33. The van der Waals surface area contributed by atoms with Gasteiger partial charge in [0.05, 0.1) is 0 Å². The Morgan fingerprint density at radius 1 is 1.00 bits per heavy atom. The molecule has 0 saturated carbocycles. The first-order valence-electron chi connectivity index (χ1n) is 3.84. The highest BCUT2D eigenvalue weighted by molar-refractivity contribution is 5.89. The number of carboxylic acid groups (broad SMARTS) is 2. The summed E-state index contributed by atoms with van der Waals surface area (Å²) in [5.74, 6) is -2.51. The van der Waals surface area contributed by atoms with E-state index in [1.54, 1.807) is 0 Å². The lowest BCUT2D eigenvalue weighted by Crippen LogP contribution is -1.91. The number of carboxylic acids is 2. The normalized spacial score (nSPS) is 15.1. The van der Waals surface area contributed by atoms with Crippen LogP contribution in [0.15, 0.2) is 12.2 Å². The molecule has 1 saturated heterocycles. The third-order valence-corrected chi connectivity index (χ3v) is 1.20. The molecule has 1 aliphatic heterocycles. The van der Waals surface area contributed by atoms with Crippen molar-refractivity contribution in [1.29, 1.82) is 0 Å². The number of hydrogen-bond donors (Lipinski definition) is 2. The van der Waals surface area contributed by atoms with Crippen molar-refractivity contribution in [2.45, 2.75) is 12.8 Å². The predicted octanol–water partition coefficient (Wildman–Crippen LogP) is 0.509. The van der Waals surface area contributed by atoms with Crippen LogP contribution in [-0.2, 0) is 14.3 Å². The van der Waals surface area contributed by atoms with Gasteiger partial charge in [-0.25, -0.2) is 9.59 Å². The Balaban J connectivity index is 0.000000243. The second-order valence-electron chi connectivity index (χ2n) is 2.33. The number of hydrogen-bond acceptors (Lipinski definition) is 3. The third-order valence-electron chi connectivity index (χ3n) is 1.20. The smallest absolute Gasteiger partial charge is 0.328 e. The molecule has 1 fully saturated rings. The SMILES string of the molecule is C1CCOC1.O=C(O)/C=C/C(=O)O. The summed E-state index contributed by atoms with van der Waals surface area (Å²) in [6.07, 6.45) is 3.67. The lowest BCUT2D eigenvalue weighted by molar-refractivity contribution is -0.134. The van der Waals surface area contributed by atoms with Crippen molar-refractivity contribution in [3.8, 4) is 0 Å². The molecule has 13 heavy (non-hydrogen) atoms. The van der Waals surface area contributed by atoms with E-state index >= 15 is 0 Å². The van der Waals surface area contributed by atoms with Crippen LogP contribution in [0.25, 0.3) is 0 Å². The second kappa shape index (κ2) is 7.30. The predicted molar refractivity (Wildman–Crippen MR) is 44.5 cm³/mol. The summed E-state index contributed by atoms with van der Waals surface area (Å²) >= 11 is 0. The number of carbonyl (C=O) groups is 2. The van der Waals surface area contributed by atoms with E-state index in [0.717, 1.165) is 13.2 Å². The maximum Gasteiger partial charge on any atom is 0.328 e. The highest BCUT2D eigenvalue weighted by Gasteiger charge is 1.94. The highest BCUT2D eigenvalue weighted by atomic mass is 16.5. The molecule has 0 aliphatic carbocycles. The zero-order valence-corrected chi connectivity index (χ0v) is 7.10. The summed E-state index contributed by atoms with van der Waals surface area (Å²) in [4.78, 5) is 19.1. The first kappa shape index (κ1) is 11.6. The van der Waals surface area contributed by atoms with Crippen molar-refractivity contribution in [3.05, 3.63) is 12.2 Å². The molecule has 0 aromatic carbocycles. The Hall–Kier alpha value is -1.36. The van der Waals surface area contributed by atoms with Crippen molar-refractivity contribution in [1.82, 2.24) is 0 Å². The van der Waals surface area contributed by atoms with Crippen LogP contribution in [0.2, 0.25) is 0 Å². The van der Waals surface area contributed by atoms with Gasteiger partial charge in [0.25, 0.3) is 0 Å². The summed E-state index contributed by atoms with van der Waals surface area (Å²) in [5, 5.41) is 15.6. The fourth-order valence-electron chi connectivity index (χ4n) is 0.653. The van der Waals surface area contributed by atoms with E-state index in [9.17, 15) is 9.59 Å². The third kappa shape index (κ3) is 10.6. The molecule has 1 rings (SSSR count). The summed E-state index contributed by atoms with van der Waals surface area (Å²) in [7, 11) is 0. The van der Waals surface area contributed by atoms with Gasteiger partial charge in [-0.15, -0.1) is 0 Å². The van der Waals surface area contributed by atoms with Crippen LogP contribution in [-0.4, -0.2) is 35.4 Å². The first-order chi connectivity index (χ1) is 6.13. The van der Waals surface area contributed by atoms with Crippen LogP contribution in [0, 0.1) is 0 Å². The largest absolute Gasteiger partial charge is 0.478 e. The Labute approximate surface area is 75.6 Å². The van der Waals surface area contributed by atoms with Gasteiger partial charge in [0, 0.05) is 25.4 Å². The van der Waals surface area contributed by atoms with Gasteiger partial charge in [-0.1, -0.05) is 0 Å². The van der Waals surface area contributed by atoms with E-state index < -0.39 is 11.9 Å². The van der Waals surface area contributed by atoms with E-state index in [0.29, 0.717) is 12.2 Å². The topological polar surface area (TPSA) is 83.8 Å². The summed E-state index contributed by atoms with van der Waals surface area (Å²) in [5.41, 5.74) is 0. The molecule has 0 amide bonds. The van der Waals surface area contributed by atoms with Gasteiger partial charge in [-0.2, -0.15) is 0 Å². The van der Waals surface area contributed by atoms with Gasteiger partial charge in [-0.05, 0) is 12.8 Å². The van der Waals surface area contributed by atoms with Crippen LogP contribution in [0.1, 0.15) is 12.8 Å². The first-order valence-corrected chi connectivity index (χ1v) is 3.84. The highest BCUT2D eigenvalue weighted by Crippen LogP contribution is 1.98. The van der Waals surface area contributed by atoms with Crippen LogP contribution in [0.3, 0.4) is 0 Å². The number of ether oxygens (including phenoxy) is 1. The van der Waals surface area contributed by atoms with E-state index in [1.807, 2.05) is 0 Å². The van der Waals surface area contributed by atoms with Gasteiger partial charge in [-0.3, -0.25) is 0 Å². The van der Waals surface area contributed by atoms with Crippen LogP contribution >= 0.6 is 0 Å². The van der Waals surface area contributed by atoms with Crippen LogP contribution in [0.4, 0.5) is 0 Å². The molecular formula is C8H12O5. The molecule has 0 aromatic heterocycles. The lowest BCUT2D eigenvalue weighted by Gasteiger charge is -1.76. The molecule has 0 bridgehead atoms. The fourth-order valence-corrected chi connectivity index (χ4v) is 0.653. The Morgan fingerprint density at radius 2 is 1.38 bits per heavy atom. The minimum absolute atomic E-state index is 0.558.